The van der Waals surface area contributed by atoms with Gasteiger partial charge < -0.3 is 60.3 Å². The first-order valence-electron chi connectivity index (χ1n) is 25.0. The van der Waals surface area contributed by atoms with Crippen LogP contribution in [0.4, 0.5) is 0 Å². The summed E-state index contributed by atoms with van der Waals surface area (Å²) in [6.45, 7) is 5.42. The lowest BCUT2D eigenvalue weighted by Crippen LogP contribution is -2.43. The van der Waals surface area contributed by atoms with E-state index >= 15 is 0 Å². The normalized spacial score (nSPS) is 12.3. The number of nitrogens with one attached hydrogen (secondary N) is 4. The lowest BCUT2D eigenvalue weighted by Gasteiger charge is -2.20. The molecule has 0 saturated carbocycles. The molecular formula is C50H80N4O17. The Labute approximate surface area is 417 Å². The number of hydrogen-bond acceptors (Lipinski definition) is 14. The molecule has 402 valence electrons. The molecule has 1 aromatic carbocycles. The van der Waals surface area contributed by atoms with Crippen LogP contribution in [-0.2, 0) is 57.3 Å². The summed E-state index contributed by atoms with van der Waals surface area (Å²) in [4.78, 5) is 107. The molecule has 71 heavy (non-hydrogen) atoms. The number of ketones is 2. The lowest BCUT2D eigenvalue weighted by molar-refractivity contribution is -0.142. The molecule has 0 radical (unpaired) electrons. The van der Waals surface area contributed by atoms with Gasteiger partial charge in [-0.1, -0.05) is 51.9 Å². The number of Topliss-reactive ketones (excluding diaryl/α,β-unsaturated/α-hetero) is 2. The molecule has 0 bridgehead atoms. The Morgan fingerprint density at radius 3 is 1.72 bits per heavy atom. The maximum atomic E-state index is 12.8. The Morgan fingerprint density at radius 1 is 0.521 bits per heavy atom. The highest BCUT2D eigenvalue weighted by Gasteiger charge is 2.24. The van der Waals surface area contributed by atoms with Gasteiger partial charge in [-0.3, -0.25) is 33.6 Å². The number of benzene rings is 1. The molecule has 0 aliphatic heterocycles. The van der Waals surface area contributed by atoms with Crippen molar-refractivity contribution < 1.29 is 82.2 Å². The predicted molar refractivity (Wildman–Crippen MR) is 260 cm³/mol. The van der Waals surface area contributed by atoms with E-state index in [1.165, 1.54) is 19.1 Å². The summed E-state index contributed by atoms with van der Waals surface area (Å²) in [6.07, 6.45) is 10.3. The number of rotatable bonds is 47. The van der Waals surface area contributed by atoms with Crippen molar-refractivity contribution in [3.63, 3.8) is 0 Å². The summed E-state index contributed by atoms with van der Waals surface area (Å²) < 4.78 is 27.1. The van der Waals surface area contributed by atoms with Crippen LogP contribution < -0.4 is 26.0 Å². The Morgan fingerprint density at radius 2 is 1.11 bits per heavy atom. The summed E-state index contributed by atoms with van der Waals surface area (Å²) in [5, 5.41) is 38.1. The van der Waals surface area contributed by atoms with E-state index < -0.39 is 30.0 Å². The maximum absolute atomic E-state index is 12.8. The molecule has 0 fully saturated rings. The number of ether oxygens (including phenoxy) is 5. The van der Waals surface area contributed by atoms with Gasteiger partial charge in [0.1, 0.15) is 30.8 Å². The second kappa shape index (κ2) is 41.1. The highest BCUT2D eigenvalue weighted by atomic mass is 16.5. The van der Waals surface area contributed by atoms with Crippen molar-refractivity contribution in [3.05, 3.63) is 29.8 Å². The third kappa shape index (κ3) is 35.3. The fraction of sp³-hybridized carbons (Fsp3) is 0.700. The largest absolute Gasteiger partial charge is 0.494 e. The molecule has 1 aromatic rings. The molecule has 21 heteroatoms. The number of hydrogen-bond donors (Lipinski definition) is 7. The van der Waals surface area contributed by atoms with Crippen molar-refractivity contribution in [1.29, 1.82) is 0 Å². The second-order valence-electron chi connectivity index (χ2n) is 17.2. The SMILES string of the molecule is CCC[C@@H](CCCCNC(=O)COCCOCCNC(=O)COCCOCCCC(=O)CC[C@H](NC(=O)CCCCCCCCCOc1ccc(C(=O)O)cc1)C(=O)O)C(=O)N[C@@H](CCC(=O)O)C(C)=O. The Kier molecular flexibility index (Phi) is 36.8. The quantitative estimate of drug-likeness (QED) is 0.0445. The molecule has 0 aromatic heterocycles. The van der Waals surface area contributed by atoms with Gasteiger partial charge in [-0.05, 0) is 82.6 Å². The van der Waals surface area contributed by atoms with Crippen LogP contribution in [0.25, 0.3) is 0 Å². The molecule has 21 nitrogen and oxygen atoms in total. The van der Waals surface area contributed by atoms with Crippen molar-refractivity contribution >= 4 is 53.1 Å². The Bertz CT molecular complexity index is 1730. The number of carbonyl (C=O) groups excluding carboxylic acids is 6. The summed E-state index contributed by atoms with van der Waals surface area (Å²) in [5.74, 6) is -4.55. The number of unbranched alkanes of at least 4 members (excludes halogenated alkanes) is 7. The van der Waals surface area contributed by atoms with E-state index in [0.29, 0.717) is 57.4 Å². The van der Waals surface area contributed by atoms with Crippen LogP contribution in [0.15, 0.2) is 24.3 Å². The predicted octanol–water partition coefficient (Wildman–Crippen LogP) is 4.41. The van der Waals surface area contributed by atoms with Gasteiger partial charge in [0, 0.05) is 51.3 Å². The van der Waals surface area contributed by atoms with Crippen LogP contribution in [0.2, 0.25) is 0 Å². The van der Waals surface area contributed by atoms with Crippen molar-refractivity contribution in [2.45, 2.75) is 148 Å². The molecule has 0 spiro atoms. The van der Waals surface area contributed by atoms with Gasteiger partial charge >= 0.3 is 17.9 Å². The molecule has 0 heterocycles. The molecule has 0 unspecified atom stereocenters. The van der Waals surface area contributed by atoms with Gasteiger partial charge in [-0.15, -0.1) is 0 Å². The second-order valence-corrected chi connectivity index (χ2v) is 17.2. The number of aromatic carboxylic acids is 1. The highest BCUT2D eigenvalue weighted by molar-refractivity contribution is 5.89. The zero-order chi connectivity index (χ0) is 52.5. The first-order valence-corrected chi connectivity index (χ1v) is 25.0. The van der Waals surface area contributed by atoms with E-state index in [-0.39, 0.29) is 145 Å². The molecule has 4 amide bonds. The van der Waals surface area contributed by atoms with E-state index in [1.54, 1.807) is 12.1 Å². The fourth-order valence-electron chi connectivity index (χ4n) is 7.05. The molecule has 0 saturated heterocycles. The number of carboxylic acids is 3. The standard InChI is InChI=1S/C50H80N4O17/c1-3-14-38(48(62)54-42(37(2)55)24-25-47(60)61)15-10-11-26-51-45(58)35-70-34-32-68-30-27-52-46(59)36-69-33-31-67-28-13-16-40(56)20-23-43(50(65)66)53-44(57)17-9-7-5-4-6-8-12-29-71-41-21-18-39(19-22-41)49(63)64/h18-19,21-22,38,42-43H,3-17,20,23-36H2,1-2H3,(H,51,58)(H,52,59)(H,53,57)(H,54,62)(H,60,61)(H,63,64)(H,65,66)/t38-,42-,43-/m0/s1. The van der Waals surface area contributed by atoms with Crippen molar-refractivity contribution in [2.24, 2.45) is 5.92 Å². The van der Waals surface area contributed by atoms with Crippen LogP contribution in [0.3, 0.4) is 0 Å². The lowest BCUT2D eigenvalue weighted by atomic mass is 9.95. The zero-order valence-electron chi connectivity index (χ0n) is 41.8. The van der Waals surface area contributed by atoms with Crippen molar-refractivity contribution in [2.75, 3.05) is 72.6 Å². The zero-order valence-corrected chi connectivity index (χ0v) is 41.8. The van der Waals surface area contributed by atoms with Crippen LogP contribution >= 0.6 is 0 Å². The minimum Gasteiger partial charge on any atom is -0.494 e. The maximum Gasteiger partial charge on any atom is 0.335 e. The molecule has 1 rings (SSSR count). The number of aliphatic carboxylic acids is 2. The first kappa shape index (κ1) is 63.5. The third-order valence-electron chi connectivity index (χ3n) is 11.1. The Balaban J connectivity index is 1.98. The van der Waals surface area contributed by atoms with Gasteiger partial charge in [0.15, 0.2) is 5.78 Å². The summed E-state index contributed by atoms with van der Waals surface area (Å²) in [5.41, 5.74) is 0.211. The molecule has 0 aliphatic carbocycles. The number of carbonyl (C=O) groups is 9. The number of amides is 4. The van der Waals surface area contributed by atoms with E-state index in [4.69, 9.17) is 33.9 Å². The summed E-state index contributed by atoms with van der Waals surface area (Å²) in [6, 6.07) is 4.32. The molecule has 0 aliphatic rings. The van der Waals surface area contributed by atoms with Crippen LogP contribution in [0.1, 0.15) is 146 Å². The molecule has 7 N–H and O–H groups in total. The Hall–Kier alpha value is -5.51. The van der Waals surface area contributed by atoms with Gasteiger partial charge in [0.05, 0.1) is 51.2 Å². The summed E-state index contributed by atoms with van der Waals surface area (Å²) in [7, 11) is 0. The average molecular weight is 1010 g/mol. The summed E-state index contributed by atoms with van der Waals surface area (Å²) >= 11 is 0. The van der Waals surface area contributed by atoms with Crippen molar-refractivity contribution in [1.82, 2.24) is 21.3 Å². The van der Waals surface area contributed by atoms with Gasteiger partial charge in [-0.2, -0.15) is 0 Å². The highest BCUT2D eigenvalue weighted by Crippen LogP contribution is 2.17. The van der Waals surface area contributed by atoms with E-state index in [1.807, 2.05) is 6.92 Å². The first-order chi connectivity index (χ1) is 34.1. The molecule has 3 atom stereocenters. The van der Waals surface area contributed by atoms with E-state index in [0.717, 1.165) is 44.9 Å². The van der Waals surface area contributed by atoms with Gasteiger partial charge in [0.25, 0.3) is 0 Å². The number of carboxylic acid groups (broad SMARTS) is 3. The van der Waals surface area contributed by atoms with Gasteiger partial charge in [0.2, 0.25) is 23.6 Å². The van der Waals surface area contributed by atoms with Crippen LogP contribution in [0.5, 0.6) is 5.75 Å². The van der Waals surface area contributed by atoms with Crippen LogP contribution in [0, 0.1) is 5.92 Å². The topological polar surface area (TPSA) is 309 Å². The minimum absolute atomic E-state index is 0.000451. The van der Waals surface area contributed by atoms with Crippen molar-refractivity contribution in [3.8, 4) is 5.75 Å². The molecular weight excluding hydrogens is 929 g/mol. The average Bonchev–Trinajstić information content (AvgIpc) is 3.33. The van der Waals surface area contributed by atoms with E-state index in [2.05, 4.69) is 21.3 Å². The smallest absolute Gasteiger partial charge is 0.335 e. The fourth-order valence-corrected chi connectivity index (χ4v) is 7.05. The third-order valence-corrected chi connectivity index (χ3v) is 11.1. The monoisotopic (exact) mass is 1010 g/mol. The minimum atomic E-state index is -1.19. The van der Waals surface area contributed by atoms with Crippen LogP contribution in [-0.4, -0.2) is 153 Å². The van der Waals surface area contributed by atoms with E-state index in [9.17, 15) is 48.3 Å². The van der Waals surface area contributed by atoms with Gasteiger partial charge in [-0.25, -0.2) is 9.59 Å².